The summed E-state index contributed by atoms with van der Waals surface area (Å²) in [5.41, 5.74) is -0.951. The Morgan fingerprint density at radius 1 is 1.60 bits per heavy atom. The van der Waals surface area contributed by atoms with E-state index in [2.05, 4.69) is 6.58 Å². The lowest BCUT2D eigenvalue weighted by Crippen LogP contribution is -2.20. The summed E-state index contributed by atoms with van der Waals surface area (Å²) in [6, 6.07) is 1.63. The van der Waals surface area contributed by atoms with E-state index >= 15 is 0 Å². The predicted octanol–water partition coefficient (Wildman–Crippen LogP) is 2.83. The zero-order valence-corrected chi connectivity index (χ0v) is 11.0. The Bertz CT molecular complexity index is 545. The summed E-state index contributed by atoms with van der Waals surface area (Å²) in [4.78, 5) is 22.6. The van der Waals surface area contributed by atoms with Gasteiger partial charge in [0, 0.05) is 13.6 Å². The lowest BCUT2D eigenvalue weighted by Gasteiger charge is -2.19. The molecular formula is C13H15FN2O4. The van der Waals surface area contributed by atoms with Crippen LogP contribution >= 0.6 is 0 Å². The van der Waals surface area contributed by atoms with Crippen LogP contribution in [0.2, 0.25) is 0 Å². The maximum absolute atomic E-state index is 13.5. The van der Waals surface area contributed by atoms with Crippen LogP contribution in [-0.2, 0) is 0 Å². The Morgan fingerprint density at radius 3 is 2.75 bits per heavy atom. The molecule has 7 heteroatoms. The van der Waals surface area contributed by atoms with Crippen molar-refractivity contribution in [2.75, 3.05) is 18.5 Å². The molecule has 0 spiro atoms. The van der Waals surface area contributed by atoms with Gasteiger partial charge in [-0.05, 0) is 18.9 Å². The number of nitro groups is 1. The molecule has 0 amide bonds. The summed E-state index contributed by atoms with van der Waals surface area (Å²) in [6.07, 6.45) is 3.15. The van der Waals surface area contributed by atoms with E-state index < -0.39 is 28.0 Å². The Balaban J connectivity index is 3.19. The maximum Gasteiger partial charge on any atom is 0.338 e. The molecule has 0 atom stereocenters. The highest BCUT2D eigenvalue weighted by Gasteiger charge is 2.23. The second kappa shape index (κ2) is 6.65. The number of carboxylic acid groups (broad SMARTS) is 1. The van der Waals surface area contributed by atoms with Gasteiger partial charge in [0.05, 0.1) is 16.6 Å². The largest absolute Gasteiger partial charge is 0.478 e. The SMILES string of the molecule is C=CCCCN(C)c1cc(C(=O)O)c(F)cc1[N+](=O)[O-]. The molecule has 0 heterocycles. The van der Waals surface area contributed by atoms with Crippen LogP contribution in [0.5, 0.6) is 0 Å². The molecule has 0 radical (unpaired) electrons. The molecule has 6 nitrogen and oxygen atoms in total. The number of anilines is 1. The van der Waals surface area contributed by atoms with Gasteiger partial charge >= 0.3 is 5.97 Å². The maximum atomic E-state index is 13.5. The van der Waals surface area contributed by atoms with Gasteiger partial charge in [-0.1, -0.05) is 6.08 Å². The van der Waals surface area contributed by atoms with Crippen LogP contribution in [0.1, 0.15) is 23.2 Å². The molecule has 20 heavy (non-hydrogen) atoms. The second-order valence-corrected chi connectivity index (χ2v) is 4.24. The van der Waals surface area contributed by atoms with Gasteiger partial charge in [-0.2, -0.15) is 0 Å². The Labute approximate surface area is 115 Å². The van der Waals surface area contributed by atoms with Gasteiger partial charge in [-0.25, -0.2) is 9.18 Å². The van der Waals surface area contributed by atoms with Crippen molar-refractivity contribution in [3.05, 3.63) is 46.3 Å². The third kappa shape index (κ3) is 3.53. The molecule has 1 rings (SSSR count). The van der Waals surface area contributed by atoms with Gasteiger partial charge in [-0.3, -0.25) is 10.1 Å². The zero-order chi connectivity index (χ0) is 15.3. The van der Waals surface area contributed by atoms with Crippen LogP contribution in [0, 0.1) is 15.9 Å². The molecule has 1 N–H and O–H groups in total. The summed E-state index contributed by atoms with van der Waals surface area (Å²) < 4.78 is 13.5. The number of unbranched alkanes of at least 4 members (excludes halogenated alkanes) is 1. The Hall–Kier alpha value is -2.44. The molecule has 0 bridgehead atoms. The number of halogens is 1. The standard InChI is InChI=1S/C13H15FN2O4/c1-3-4-5-6-15(2)11-7-9(13(17)18)10(14)8-12(11)16(19)20/h3,7-8H,1,4-6H2,2H3,(H,17,18). The van der Waals surface area contributed by atoms with Crippen LogP contribution in [0.3, 0.4) is 0 Å². The summed E-state index contributed by atoms with van der Waals surface area (Å²) in [5.74, 6) is -2.58. The Kier molecular flexibility index (Phi) is 5.19. The highest BCUT2D eigenvalue weighted by atomic mass is 19.1. The van der Waals surface area contributed by atoms with E-state index in [4.69, 9.17) is 5.11 Å². The first-order valence-electron chi connectivity index (χ1n) is 5.91. The molecule has 0 aliphatic heterocycles. The summed E-state index contributed by atoms with van der Waals surface area (Å²) in [7, 11) is 1.59. The minimum absolute atomic E-state index is 0.0814. The van der Waals surface area contributed by atoms with Crippen molar-refractivity contribution in [3.63, 3.8) is 0 Å². The first-order valence-corrected chi connectivity index (χ1v) is 5.91. The van der Waals surface area contributed by atoms with Crippen LogP contribution in [-0.4, -0.2) is 29.6 Å². The van der Waals surface area contributed by atoms with Crippen molar-refractivity contribution in [1.29, 1.82) is 0 Å². The monoisotopic (exact) mass is 282 g/mol. The van der Waals surface area contributed by atoms with E-state index in [0.29, 0.717) is 19.0 Å². The van der Waals surface area contributed by atoms with Gasteiger partial charge < -0.3 is 10.0 Å². The molecule has 0 saturated heterocycles. The minimum atomic E-state index is -1.46. The fourth-order valence-corrected chi connectivity index (χ4v) is 1.76. The number of allylic oxidation sites excluding steroid dienone is 1. The van der Waals surface area contributed by atoms with E-state index in [9.17, 15) is 19.3 Å². The number of nitrogens with zero attached hydrogens (tertiary/aromatic N) is 2. The van der Waals surface area contributed by atoms with Crippen LogP contribution < -0.4 is 4.90 Å². The number of carboxylic acids is 1. The van der Waals surface area contributed by atoms with Crippen molar-refractivity contribution in [1.82, 2.24) is 0 Å². The number of rotatable bonds is 7. The molecule has 0 unspecified atom stereocenters. The van der Waals surface area contributed by atoms with E-state index in [1.165, 1.54) is 4.90 Å². The van der Waals surface area contributed by atoms with Crippen molar-refractivity contribution < 1.29 is 19.2 Å². The summed E-state index contributed by atoms with van der Waals surface area (Å²) >= 11 is 0. The van der Waals surface area contributed by atoms with E-state index in [1.54, 1.807) is 13.1 Å². The van der Waals surface area contributed by atoms with Gasteiger partial charge in [-0.15, -0.1) is 6.58 Å². The normalized spacial score (nSPS) is 10.1. The Morgan fingerprint density at radius 2 is 2.25 bits per heavy atom. The number of aromatic carboxylic acids is 1. The van der Waals surface area contributed by atoms with Crippen LogP contribution in [0.15, 0.2) is 24.8 Å². The minimum Gasteiger partial charge on any atom is -0.478 e. The van der Waals surface area contributed by atoms with E-state index in [-0.39, 0.29) is 5.69 Å². The van der Waals surface area contributed by atoms with Gasteiger partial charge in [0.1, 0.15) is 11.5 Å². The number of hydrogen-bond donors (Lipinski definition) is 1. The lowest BCUT2D eigenvalue weighted by molar-refractivity contribution is -0.384. The van der Waals surface area contributed by atoms with Crippen LogP contribution in [0.4, 0.5) is 15.8 Å². The topological polar surface area (TPSA) is 83.7 Å². The quantitative estimate of drug-likeness (QED) is 0.360. The third-order valence-electron chi connectivity index (χ3n) is 2.80. The second-order valence-electron chi connectivity index (χ2n) is 4.24. The zero-order valence-electron chi connectivity index (χ0n) is 11.0. The highest BCUT2D eigenvalue weighted by Crippen LogP contribution is 2.30. The lowest BCUT2D eigenvalue weighted by atomic mass is 10.1. The predicted molar refractivity (Wildman–Crippen MR) is 72.7 cm³/mol. The van der Waals surface area contributed by atoms with E-state index in [1.807, 2.05) is 0 Å². The first kappa shape index (κ1) is 15.6. The van der Waals surface area contributed by atoms with Gasteiger partial charge in [0.15, 0.2) is 0 Å². The average Bonchev–Trinajstić information content (AvgIpc) is 2.37. The fraction of sp³-hybridized carbons (Fsp3) is 0.308. The van der Waals surface area contributed by atoms with Crippen LogP contribution in [0.25, 0.3) is 0 Å². The van der Waals surface area contributed by atoms with E-state index in [0.717, 1.165) is 12.5 Å². The molecule has 0 fully saturated rings. The number of carbonyl (C=O) groups is 1. The van der Waals surface area contributed by atoms with Gasteiger partial charge in [0.2, 0.25) is 0 Å². The average molecular weight is 282 g/mol. The highest BCUT2D eigenvalue weighted by molar-refractivity contribution is 5.90. The molecule has 1 aromatic rings. The molecule has 0 aliphatic carbocycles. The number of hydrogen-bond acceptors (Lipinski definition) is 4. The van der Waals surface area contributed by atoms with Crippen molar-refractivity contribution in [2.24, 2.45) is 0 Å². The molecular weight excluding hydrogens is 267 g/mol. The smallest absolute Gasteiger partial charge is 0.338 e. The molecule has 0 saturated carbocycles. The van der Waals surface area contributed by atoms with Crippen molar-refractivity contribution >= 4 is 17.3 Å². The van der Waals surface area contributed by atoms with Gasteiger partial charge in [0.25, 0.3) is 5.69 Å². The number of nitro benzene ring substituents is 1. The molecule has 1 aromatic carbocycles. The third-order valence-corrected chi connectivity index (χ3v) is 2.80. The summed E-state index contributed by atoms with van der Waals surface area (Å²) in [6.45, 7) is 4.04. The first-order chi connectivity index (χ1) is 9.38. The van der Waals surface area contributed by atoms with Crippen molar-refractivity contribution in [3.8, 4) is 0 Å². The van der Waals surface area contributed by atoms with Crippen molar-refractivity contribution in [2.45, 2.75) is 12.8 Å². The molecule has 0 aliphatic rings. The molecule has 108 valence electrons. The fourth-order valence-electron chi connectivity index (χ4n) is 1.76. The summed E-state index contributed by atoms with van der Waals surface area (Å²) in [5, 5.41) is 19.8. The number of benzene rings is 1. The molecule has 0 aromatic heterocycles.